The molecule has 0 saturated carbocycles. The van der Waals surface area contributed by atoms with Crippen LogP contribution in [0.5, 0.6) is 0 Å². The molecule has 392 valence electrons. The molecule has 0 N–H and O–H groups in total. The summed E-state index contributed by atoms with van der Waals surface area (Å²) in [5, 5.41) is 25.2. The molecule has 3 nitrogen and oxygen atoms in total. The summed E-state index contributed by atoms with van der Waals surface area (Å²) in [6.45, 7) is 40.8. The zero-order valence-electron chi connectivity index (χ0n) is 45.8. The summed E-state index contributed by atoms with van der Waals surface area (Å²) >= 11 is -0.211. The number of hydrogen-bond donors (Lipinski definition) is 0. The first-order valence-corrected chi connectivity index (χ1v) is 30.5. The highest BCUT2D eigenvalue weighted by molar-refractivity contribution is 6.24. The fraction of sp³-hybridized carbons (Fsp3) is 0.410. The van der Waals surface area contributed by atoms with E-state index < -0.39 is 13.8 Å². The lowest BCUT2D eigenvalue weighted by molar-refractivity contribution is -0.597. The fourth-order valence-electron chi connectivity index (χ4n) is 6.46. The number of alkyl halides is 4. The van der Waals surface area contributed by atoms with Gasteiger partial charge >= 0.3 is 70.0 Å². The SMILES string of the molecule is CC(C)(C)c1ccc([I+]c2ccc(C(C)(C)C)cc2)cc1.CC(C)(C)c1ccc([I+]c2ccc(C(C)(C)C)cc2)cc1.CC(C)(C)c1ccc([I+]c2ccc(C(C)(C)C)cc2)cc1.FC(F)(F)F.[O-]B([O-])[O-]. The zero-order valence-corrected chi connectivity index (χ0v) is 52.3. The number of benzene rings is 6. The molecule has 6 rings (SSSR count). The number of hydrogen-bond acceptors (Lipinski definition) is 3. The van der Waals surface area contributed by atoms with Crippen LogP contribution in [-0.2, 0) is 32.5 Å². The summed E-state index contributed by atoms with van der Waals surface area (Å²) in [6.07, 6.45) is -5.50. The predicted molar refractivity (Wildman–Crippen MR) is 276 cm³/mol. The maximum absolute atomic E-state index is 9.69. The summed E-state index contributed by atoms with van der Waals surface area (Å²) in [4.78, 5) is 0. The molecule has 11 heteroatoms. The van der Waals surface area contributed by atoms with E-state index in [1.807, 2.05) is 0 Å². The van der Waals surface area contributed by atoms with Gasteiger partial charge < -0.3 is 15.1 Å². The molecule has 0 heterocycles. The molecule has 0 fully saturated rings. The molecule has 0 unspecified atom stereocenters. The van der Waals surface area contributed by atoms with Crippen molar-refractivity contribution in [3.05, 3.63) is 200 Å². The van der Waals surface area contributed by atoms with Crippen LogP contribution in [0.1, 0.15) is 158 Å². The number of halogens is 7. The highest BCUT2D eigenvalue weighted by Crippen LogP contribution is 2.25. The van der Waals surface area contributed by atoms with Crippen LogP contribution in [0.2, 0.25) is 0 Å². The first kappa shape index (κ1) is 65.3. The van der Waals surface area contributed by atoms with Crippen molar-refractivity contribution >= 4 is 7.32 Å². The highest BCUT2D eigenvalue weighted by atomic mass is 127. The minimum absolute atomic E-state index is 0.0703. The lowest BCUT2D eigenvalue weighted by atomic mass is 9.87. The molecular weight excluding hydrogens is 1250 g/mol. The van der Waals surface area contributed by atoms with Crippen molar-refractivity contribution in [3.8, 4) is 0 Å². The molecular formula is C61H78BF4I3O3. The Balaban J connectivity index is 0.000000340. The predicted octanol–water partition coefficient (Wildman–Crippen LogP) is 4.76. The molecule has 6 aromatic rings. The molecule has 0 spiro atoms. The third-order valence-corrected chi connectivity index (χ3v) is 19.0. The maximum atomic E-state index is 9.69. The minimum Gasteiger partial charge on any atom is -0.907 e. The first-order chi connectivity index (χ1) is 32.7. The van der Waals surface area contributed by atoms with E-state index in [4.69, 9.17) is 15.1 Å². The Morgan fingerprint density at radius 1 is 0.250 bits per heavy atom. The van der Waals surface area contributed by atoms with Crippen molar-refractivity contribution in [3.63, 3.8) is 0 Å². The van der Waals surface area contributed by atoms with Gasteiger partial charge in [0.1, 0.15) is 0 Å². The van der Waals surface area contributed by atoms with E-state index >= 15 is 0 Å². The van der Waals surface area contributed by atoms with Gasteiger partial charge in [0.25, 0.3) is 0 Å². The van der Waals surface area contributed by atoms with Crippen LogP contribution in [-0.4, -0.2) is 13.8 Å². The van der Waals surface area contributed by atoms with E-state index in [0.717, 1.165) is 0 Å². The van der Waals surface area contributed by atoms with Gasteiger partial charge in [-0.1, -0.05) is 197 Å². The normalized spacial score (nSPS) is 12.1. The van der Waals surface area contributed by atoms with E-state index in [9.17, 15) is 17.6 Å². The molecule has 0 amide bonds. The fourth-order valence-corrected chi connectivity index (χ4v) is 12.9. The summed E-state index contributed by atoms with van der Waals surface area (Å²) in [7, 11) is -2.92. The monoisotopic (exact) mass is 1330 g/mol. The Bertz CT molecular complexity index is 2020. The van der Waals surface area contributed by atoms with Crippen molar-refractivity contribution in [2.45, 2.75) is 164 Å². The molecule has 72 heavy (non-hydrogen) atoms. The van der Waals surface area contributed by atoms with Crippen LogP contribution in [0.4, 0.5) is 17.6 Å². The van der Waals surface area contributed by atoms with Gasteiger partial charge in [-0.05, 0) is 139 Å². The zero-order chi connectivity index (χ0) is 55.1. The largest absolute Gasteiger partial charge is 0.907 e. The lowest BCUT2D eigenvalue weighted by Crippen LogP contribution is -3.61. The third kappa shape index (κ3) is 26.6. The van der Waals surface area contributed by atoms with Crippen LogP contribution in [0, 0.1) is 21.4 Å². The number of rotatable bonds is 6. The molecule has 0 aliphatic rings. The van der Waals surface area contributed by atoms with Crippen LogP contribution < -0.4 is 78.7 Å². The molecule has 0 atom stereocenters. The lowest BCUT2D eigenvalue weighted by Gasteiger charge is -2.35. The first-order valence-electron chi connectivity index (χ1n) is 24.0. The van der Waals surface area contributed by atoms with Crippen LogP contribution >= 0.6 is 0 Å². The second-order valence-corrected chi connectivity index (χ2v) is 32.6. The molecule has 0 aliphatic carbocycles. The minimum atomic E-state index is -5.50. The van der Waals surface area contributed by atoms with Gasteiger partial charge in [0.05, 0.1) is 0 Å². The third-order valence-electron chi connectivity index (χ3n) is 10.9. The van der Waals surface area contributed by atoms with Crippen molar-refractivity contribution in [2.24, 2.45) is 0 Å². The van der Waals surface area contributed by atoms with Gasteiger partial charge in [0, 0.05) is 0 Å². The van der Waals surface area contributed by atoms with Gasteiger partial charge in [-0.3, -0.25) is 7.32 Å². The van der Waals surface area contributed by atoms with Crippen LogP contribution in [0.15, 0.2) is 146 Å². The summed E-state index contributed by atoms with van der Waals surface area (Å²) < 4.78 is 47.7. The van der Waals surface area contributed by atoms with Gasteiger partial charge in [-0.15, -0.1) is 17.6 Å². The second-order valence-electron chi connectivity index (χ2n) is 23.5. The van der Waals surface area contributed by atoms with E-state index in [2.05, 4.69) is 270 Å². The van der Waals surface area contributed by atoms with E-state index in [1.54, 1.807) is 0 Å². The Hall–Kier alpha value is -2.83. The van der Waals surface area contributed by atoms with E-state index in [1.165, 1.54) is 54.8 Å². The average Bonchev–Trinajstić information content (AvgIpc) is 3.23. The van der Waals surface area contributed by atoms with Crippen molar-refractivity contribution in [2.75, 3.05) is 0 Å². The topological polar surface area (TPSA) is 69.2 Å². The van der Waals surface area contributed by atoms with Crippen molar-refractivity contribution in [1.82, 2.24) is 0 Å². The Labute approximate surface area is 463 Å². The van der Waals surface area contributed by atoms with Gasteiger partial charge in [-0.25, -0.2) is 0 Å². The molecule has 0 bridgehead atoms. The smallest absolute Gasteiger partial charge is 0.559 e. The molecule has 0 radical (unpaired) electrons. The Kier molecular flexibility index (Phi) is 25.2. The van der Waals surface area contributed by atoms with Gasteiger partial charge in [-0.2, -0.15) is 0 Å². The molecule has 6 aromatic carbocycles. The highest BCUT2D eigenvalue weighted by Gasteiger charge is 2.25. The standard InChI is InChI=1S/3C20H26I.CF4.BO3/c3*1-19(2,3)15-7-11-17(12-8-15)21-18-13-9-16(10-14-18)20(4,5)6;2-1(3,4)5;2-1(3)4/h3*7-14H,1-6H3;;/q3*+1;;-3. The second kappa shape index (κ2) is 27.8. The molecule has 0 saturated heterocycles. The maximum Gasteiger partial charge on any atom is 0.559 e. The summed E-state index contributed by atoms with van der Waals surface area (Å²) in [5.74, 6) is 0. The Morgan fingerprint density at radius 2 is 0.333 bits per heavy atom. The van der Waals surface area contributed by atoms with E-state index in [0.29, 0.717) is 0 Å². The van der Waals surface area contributed by atoms with Crippen molar-refractivity contribution in [1.29, 1.82) is 0 Å². The quantitative estimate of drug-likeness (QED) is 0.138. The van der Waals surface area contributed by atoms with Crippen LogP contribution in [0.25, 0.3) is 0 Å². The average molecular weight is 1330 g/mol. The van der Waals surface area contributed by atoms with Gasteiger partial charge in [0.15, 0.2) is 21.4 Å². The molecule has 0 aromatic heterocycles. The van der Waals surface area contributed by atoms with Gasteiger partial charge in [0.2, 0.25) is 0 Å². The molecule has 0 aliphatic heterocycles. The van der Waals surface area contributed by atoms with E-state index in [-0.39, 0.29) is 96.1 Å². The Morgan fingerprint density at radius 3 is 0.403 bits per heavy atom. The summed E-state index contributed by atoms with van der Waals surface area (Å²) in [6, 6.07) is 55.2. The summed E-state index contributed by atoms with van der Waals surface area (Å²) in [5.41, 5.74) is 9.94. The van der Waals surface area contributed by atoms with Crippen LogP contribution in [0.3, 0.4) is 0 Å². The van der Waals surface area contributed by atoms with Crippen molar-refractivity contribution < 1.29 is 96.2 Å².